The van der Waals surface area contributed by atoms with Crippen molar-refractivity contribution in [2.45, 2.75) is 69.6 Å². The molecule has 0 spiro atoms. The second-order valence-electron chi connectivity index (χ2n) is 9.52. The molecule has 0 aromatic heterocycles. The third kappa shape index (κ3) is 8.33. The van der Waals surface area contributed by atoms with Gasteiger partial charge in [0.05, 0.1) is 0 Å². The number of hydrogen-bond donors (Lipinski definition) is 0. The van der Waals surface area contributed by atoms with Crippen LogP contribution in [0, 0.1) is 41.5 Å². The molecule has 2 nitrogen and oxygen atoms in total. The van der Waals surface area contributed by atoms with Gasteiger partial charge in [0.15, 0.2) is 0 Å². The number of benzene rings is 3. The van der Waals surface area contributed by atoms with Gasteiger partial charge in [-0.3, -0.25) is 0 Å². The molecule has 0 heterocycles. The van der Waals surface area contributed by atoms with Gasteiger partial charge >= 0.3 is 34.6 Å². The summed E-state index contributed by atoms with van der Waals surface area (Å²) in [6.45, 7) is 13.7. The summed E-state index contributed by atoms with van der Waals surface area (Å²) in [5.74, 6) is 1.96. The molecule has 0 aliphatic carbocycles. The molecule has 4 heteroatoms. The molecule has 1 radical (unpaired) electrons. The summed E-state index contributed by atoms with van der Waals surface area (Å²) in [5, 5.41) is 1.15. The monoisotopic (exact) mass is 571 g/mol. The van der Waals surface area contributed by atoms with Gasteiger partial charge in [-0.15, -0.1) is 9.24 Å². The Labute approximate surface area is 211 Å². The SMILES string of the molecule is Cc1cc(C)c(OCc2cccc(COc3c(C)cc(C)cc3C)c2P)c(C)c1.[CH3][Sn]([CH3])[CH3]. The van der Waals surface area contributed by atoms with Crippen LogP contribution in [0.2, 0.25) is 14.8 Å². The molecule has 0 saturated carbocycles. The zero-order valence-corrected chi connectivity index (χ0v) is 25.9. The van der Waals surface area contributed by atoms with E-state index in [1.54, 1.807) is 0 Å². The van der Waals surface area contributed by atoms with Gasteiger partial charge in [-0.1, -0.05) is 53.6 Å². The van der Waals surface area contributed by atoms with E-state index in [0.29, 0.717) is 13.2 Å². The molecule has 0 bridgehead atoms. The van der Waals surface area contributed by atoms with E-state index in [-0.39, 0.29) is 0 Å². The normalized spacial score (nSPS) is 10.6. The fourth-order valence-corrected chi connectivity index (χ4v) is 4.37. The Morgan fingerprint density at radius 2 is 0.939 bits per heavy atom. The Morgan fingerprint density at radius 1 is 0.636 bits per heavy atom. The zero-order valence-electron chi connectivity index (χ0n) is 21.8. The van der Waals surface area contributed by atoms with E-state index in [4.69, 9.17) is 9.47 Å². The van der Waals surface area contributed by atoms with E-state index in [9.17, 15) is 0 Å². The van der Waals surface area contributed by atoms with Crippen LogP contribution in [0.25, 0.3) is 0 Å². The molecular formula is C29H40O2PSn. The maximum atomic E-state index is 6.20. The van der Waals surface area contributed by atoms with E-state index in [0.717, 1.165) is 27.9 Å². The maximum absolute atomic E-state index is 6.20. The molecule has 3 aromatic rings. The summed E-state index contributed by atoms with van der Waals surface area (Å²) in [6, 6.07) is 15.0. The Morgan fingerprint density at radius 3 is 1.24 bits per heavy atom. The number of hydrogen-bond acceptors (Lipinski definition) is 2. The molecule has 0 fully saturated rings. The number of ether oxygens (including phenoxy) is 2. The fourth-order valence-electron chi connectivity index (χ4n) is 4.01. The molecule has 0 aliphatic rings. The fraction of sp³-hybridized carbons (Fsp3) is 0.379. The van der Waals surface area contributed by atoms with Crippen molar-refractivity contribution in [3.63, 3.8) is 0 Å². The summed E-state index contributed by atoms with van der Waals surface area (Å²) in [6.07, 6.45) is 0. The molecule has 0 amide bonds. The van der Waals surface area contributed by atoms with E-state index in [2.05, 4.69) is 108 Å². The predicted octanol–water partition coefficient (Wildman–Crippen LogP) is 7.57. The van der Waals surface area contributed by atoms with E-state index < -0.39 is 19.8 Å². The van der Waals surface area contributed by atoms with Gasteiger partial charge in [-0.25, -0.2) is 0 Å². The number of rotatable bonds is 6. The van der Waals surface area contributed by atoms with E-state index >= 15 is 0 Å². The molecule has 33 heavy (non-hydrogen) atoms. The molecule has 0 aliphatic heterocycles. The zero-order chi connectivity index (χ0) is 24.7. The van der Waals surface area contributed by atoms with Crippen LogP contribution in [-0.2, 0) is 13.2 Å². The van der Waals surface area contributed by atoms with Crippen molar-refractivity contribution < 1.29 is 9.47 Å². The summed E-state index contributed by atoms with van der Waals surface area (Å²) >= 11 is -0.543. The predicted molar refractivity (Wildman–Crippen MR) is 149 cm³/mol. The second-order valence-corrected chi connectivity index (χ2v) is 18.7. The van der Waals surface area contributed by atoms with Crippen molar-refractivity contribution in [2.75, 3.05) is 0 Å². The van der Waals surface area contributed by atoms with Crippen LogP contribution in [0.1, 0.15) is 44.5 Å². The van der Waals surface area contributed by atoms with Crippen molar-refractivity contribution in [1.29, 1.82) is 0 Å². The molecule has 3 aromatic carbocycles. The standard InChI is InChI=1S/C26H31O2P.3CH3.Sn/c1-16-10-18(3)24(19(4)11-16)27-14-22-8-7-9-23(26(22)29)15-28-25-20(5)12-17(2)13-21(25)6;;;;/h7-13H,14-15,29H2,1-6H3;3*1H3;. The van der Waals surface area contributed by atoms with Crippen LogP contribution in [-0.4, -0.2) is 19.8 Å². The Hall–Kier alpha value is -1.51. The molecule has 1 atom stereocenters. The molecular weight excluding hydrogens is 530 g/mol. The van der Waals surface area contributed by atoms with Gasteiger partial charge in [0.2, 0.25) is 0 Å². The van der Waals surface area contributed by atoms with Crippen LogP contribution >= 0.6 is 9.24 Å². The third-order valence-corrected chi connectivity index (χ3v) is 5.98. The van der Waals surface area contributed by atoms with Crippen LogP contribution in [0.4, 0.5) is 0 Å². The Balaban J connectivity index is 0.000000890. The first-order chi connectivity index (χ1) is 15.5. The molecule has 0 saturated heterocycles. The van der Waals surface area contributed by atoms with Crippen LogP contribution in [0.5, 0.6) is 11.5 Å². The summed E-state index contributed by atoms with van der Waals surface area (Å²) in [5.41, 5.74) is 9.56. The van der Waals surface area contributed by atoms with Crippen molar-refractivity contribution in [2.24, 2.45) is 0 Å². The van der Waals surface area contributed by atoms with E-state index in [1.807, 2.05) is 0 Å². The van der Waals surface area contributed by atoms with E-state index in [1.165, 1.54) is 33.4 Å². The topological polar surface area (TPSA) is 18.5 Å². The third-order valence-electron chi connectivity index (χ3n) is 5.24. The van der Waals surface area contributed by atoms with Gasteiger partial charge in [0.1, 0.15) is 24.7 Å². The van der Waals surface area contributed by atoms with Crippen molar-refractivity contribution in [1.82, 2.24) is 0 Å². The van der Waals surface area contributed by atoms with Crippen LogP contribution in [0.15, 0.2) is 42.5 Å². The first kappa shape index (κ1) is 27.7. The quantitative estimate of drug-likeness (QED) is 0.225. The second kappa shape index (κ2) is 12.8. The molecule has 177 valence electrons. The first-order valence-electron chi connectivity index (χ1n) is 11.5. The van der Waals surface area contributed by atoms with Crippen molar-refractivity contribution in [3.05, 3.63) is 87.0 Å². The Bertz CT molecular complexity index is 960. The average Bonchev–Trinajstić information content (AvgIpc) is 2.68. The van der Waals surface area contributed by atoms with Crippen LogP contribution in [0.3, 0.4) is 0 Å². The molecule has 3 rings (SSSR count). The van der Waals surface area contributed by atoms with Gasteiger partial charge < -0.3 is 9.47 Å². The number of aryl methyl sites for hydroxylation is 6. The summed E-state index contributed by atoms with van der Waals surface area (Å²) in [4.78, 5) is 7.09. The van der Waals surface area contributed by atoms with Crippen LogP contribution < -0.4 is 14.8 Å². The summed E-state index contributed by atoms with van der Waals surface area (Å²) in [7, 11) is 2.87. The average molecular weight is 570 g/mol. The minimum absolute atomic E-state index is 0.542. The first-order valence-corrected chi connectivity index (χ1v) is 20.7. The minimum atomic E-state index is -0.543. The van der Waals surface area contributed by atoms with Gasteiger partial charge in [0, 0.05) is 0 Å². The molecule has 0 N–H and O–H groups in total. The van der Waals surface area contributed by atoms with Gasteiger partial charge in [0.25, 0.3) is 0 Å². The van der Waals surface area contributed by atoms with Gasteiger partial charge in [-0.2, -0.15) is 0 Å². The van der Waals surface area contributed by atoms with Gasteiger partial charge in [-0.05, 0) is 80.2 Å². The van der Waals surface area contributed by atoms with Crippen molar-refractivity contribution >= 4 is 34.3 Å². The Kier molecular flexibility index (Phi) is 10.8. The molecule has 1 unspecified atom stereocenters. The van der Waals surface area contributed by atoms with Crippen molar-refractivity contribution in [3.8, 4) is 11.5 Å². The summed E-state index contributed by atoms with van der Waals surface area (Å²) < 4.78 is 12.4.